The molecule has 0 radical (unpaired) electrons. The van der Waals surface area contributed by atoms with Gasteiger partial charge in [0.05, 0.1) is 17.7 Å². The van der Waals surface area contributed by atoms with Crippen molar-refractivity contribution in [1.82, 2.24) is 5.32 Å². The lowest BCUT2D eigenvalue weighted by atomic mass is 10.2. The highest BCUT2D eigenvalue weighted by atomic mass is 35.5. The molecular weight excluding hydrogens is 245 g/mol. The summed E-state index contributed by atoms with van der Waals surface area (Å²) in [5.41, 5.74) is 0.934. The first-order chi connectivity index (χ1) is 8.17. The number of methoxy groups -OCH3 is 2. The van der Waals surface area contributed by atoms with Gasteiger partial charge >= 0.3 is 0 Å². The highest BCUT2D eigenvalue weighted by Crippen LogP contribution is 2.15. The largest absolute Gasteiger partial charge is 0.382 e. The van der Waals surface area contributed by atoms with Crippen LogP contribution in [-0.4, -0.2) is 33.5 Å². The lowest BCUT2D eigenvalue weighted by Gasteiger charge is -2.15. The van der Waals surface area contributed by atoms with Crippen molar-refractivity contribution in [1.29, 1.82) is 0 Å². The van der Waals surface area contributed by atoms with Gasteiger partial charge in [-0.2, -0.15) is 0 Å². The molecule has 1 aromatic carbocycles. The number of rotatable bonds is 7. The highest BCUT2D eigenvalue weighted by molar-refractivity contribution is 6.30. The molecule has 0 aliphatic carbocycles. The first-order valence-corrected chi connectivity index (χ1v) is 5.71. The van der Waals surface area contributed by atoms with E-state index in [2.05, 4.69) is 5.32 Å². The van der Waals surface area contributed by atoms with Gasteiger partial charge in [-0.05, 0) is 17.7 Å². The van der Waals surface area contributed by atoms with Crippen molar-refractivity contribution in [2.24, 2.45) is 0 Å². The fraction of sp³-hybridized carbons (Fsp3) is 0.500. The molecule has 0 aromatic heterocycles. The van der Waals surface area contributed by atoms with Crippen LogP contribution in [0.5, 0.6) is 0 Å². The van der Waals surface area contributed by atoms with Crippen LogP contribution in [0.15, 0.2) is 18.2 Å². The predicted molar refractivity (Wildman–Crippen MR) is 65.8 cm³/mol. The Morgan fingerprint density at radius 1 is 1.41 bits per heavy atom. The summed E-state index contributed by atoms with van der Waals surface area (Å²) in [6.45, 7) is 1.82. The average Bonchev–Trinajstić information content (AvgIpc) is 2.32. The third kappa shape index (κ3) is 5.00. The van der Waals surface area contributed by atoms with E-state index in [0.29, 0.717) is 19.7 Å². The van der Waals surface area contributed by atoms with Crippen LogP contribution in [0.25, 0.3) is 0 Å². The summed E-state index contributed by atoms with van der Waals surface area (Å²) >= 11 is 5.68. The molecule has 0 amide bonds. The second kappa shape index (κ2) is 7.61. The highest BCUT2D eigenvalue weighted by Gasteiger charge is 2.06. The lowest BCUT2D eigenvalue weighted by molar-refractivity contribution is 0.0288. The van der Waals surface area contributed by atoms with E-state index in [4.69, 9.17) is 21.1 Å². The molecule has 1 unspecified atom stereocenters. The second-order valence-electron chi connectivity index (χ2n) is 3.69. The topological polar surface area (TPSA) is 30.5 Å². The van der Waals surface area contributed by atoms with E-state index in [1.54, 1.807) is 26.4 Å². The SMILES string of the molecule is COCC(CNCc1ccc(F)c(Cl)c1)OC. The van der Waals surface area contributed by atoms with Gasteiger partial charge in [0.25, 0.3) is 0 Å². The standard InChI is InChI=1S/C12H17ClFNO2/c1-16-8-10(17-2)7-15-6-9-3-4-12(14)11(13)5-9/h3-5,10,15H,6-8H2,1-2H3. The van der Waals surface area contributed by atoms with Gasteiger partial charge in [-0.15, -0.1) is 0 Å². The summed E-state index contributed by atoms with van der Waals surface area (Å²) in [6, 6.07) is 4.68. The molecule has 0 spiro atoms. The molecule has 96 valence electrons. The molecule has 0 saturated heterocycles. The quantitative estimate of drug-likeness (QED) is 0.817. The van der Waals surface area contributed by atoms with Gasteiger partial charge < -0.3 is 14.8 Å². The van der Waals surface area contributed by atoms with E-state index < -0.39 is 5.82 Å². The van der Waals surface area contributed by atoms with E-state index in [1.807, 2.05) is 0 Å². The van der Waals surface area contributed by atoms with Crippen molar-refractivity contribution in [3.8, 4) is 0 Å². The Bertz CT molecular complexity index is 349. The summed E-state index contributed by atoms with van der Waals surface area (Å²) in [5.74, 6) is -0.399. The van der Waals surface area contributed by atoms with E-state index in [1.165, 1.54) is 6.07 Å². The molecule has 17 heavy (non-hydrogen) atoms. The number of hydrogen-bond acceptors (Lipinski definition) is 3. The van der Waals surface area contributed by atoms with Crippen LogP contribution in [0.3, 0.4) is 0 Å². The Kier molecular flexibility index (Phi) is 6.44. The molecule has 1 rings (SSSR count). The Balaban J connectivity index is 2.37. The number of benzene rings is 1. The molecule has 5 heteroatoms. The predicted octanol–water partition coefficient (Wildman–Crippen LogP) is 2.23. The van der Waals surface area contributed by atoms with Crippen LogP contribution in [0.2, 0.25) is 5.02 Å². The minimum atomic E-state index is -0.399. The molecule has 0 heterocycles. The maximum Gasteiger partial charge on any atom is 0.141 e. The van der Waals surface area contributed by atoms with Gasteiger partial charge in [-0.25, -0.2) is 4.39 Å². The van der Waals surface area contributed by atoms with Crippen LogP contribution in [0.4, 0.5) is 4.39 Å². The fourth-order valence-corrected chi connectivity index (χ4v) is 1.63. The zero-order valence-electron chi connectivity index (χ0n) is 10.0. The normalized spacial score (nSPS) is 12.7. The third-order valence-corrected chi connectivity index (χ3v) is 2.66. The van der Waals surface area contributed by atoms with E-state index in [0.717, 1.165) is 5.56 Å². The van der Waals surface area contributed by atoms with Crippen molar-refractivity contribution >= 4 is 11.6 Å². The Morgan fingerprint density at radius 2 is 2.18 bits per heavy atom. The third-order valence-electron chi connectivity index (χ3n) is 2.37. The Morgan fingerprint density at radius 3 is 2.76 bits per heavy atom. The Hall–Kier alpha value is -0.680. The lowest BCUT2D eigenvalue weighted by Crippen LogP contribution is -2.31. The molecule has 1 aromatic rings. The van der Waals surface area contributed by atoms with Gasteiger partial charge in [0, 0.05) is 27.3 Å². The van der Waals surface area contributed by atoms with E-state index in [9.17, 15) is 4.39 Å². The minimum Gasteiger partial charge on any atom is -0.382 e. The van der Waals surface area contributed by atoms with Gasteiger partial charge in [0.1, 0.15) is 5.82 Å². The van der Waals surface area contributed by atoms with Crippen LogP contribution >= 0.6 is 11.6 Å². The first kappa shape index (κ1) is 14.4. The van der Waals surface area contributed by atoms with Crippen molar-refractivity contribution in [3.05, 3.63) is 34.6 Å². The van der Waals surface area contributed by atoms with Crippen LogP contribution in [0, 0.1) is 5.82 Å². The molecular formula is C12H17ClFNO2. The van der Waals surface area contributed by atoms with Crippen LogP contribution in [0.1, 0.15) is 5.56 Å². The first-order valence-electron chi connectivity index (χ1n) is 5.33. The van der Waals surface area contributed by atoms with Crippen LogP contribution < -0.4 is 5.32 Å². The summed E-state index contributed by atoms with van der Waals surface area (Å²) < 4.78 is 23.1. The van der Waals surface area contributed by atoms with Crippen molar-refractivity contribution in [2.45, 2.75) is 12.6 Å². The minimum absolute atomic E-state index is 0.0101. The van der Waals surface area contributed by atoms with Crippen molar-refractivity contribution in [2.75, 3.05) is 27.4 Å². The second-order valence-corrected chi connectivity index (χ2v) is 4.10. The van der Waals surface area contributed by atoms with E-state index in [-0.39, 0.29) is 11.1 Å². The smallest absolute Gasteiger partial charge is 0.141 e. The molecule has 3 nitrogen and oxygen atoms in total. The monoisotopic (exact) mass is 261 g/mol. The molecule has 0 aliphatic heterocycles. The summed E-state index contributed by atoms with van der Waals surface area (Å²) in [7, 11) is 3.27. The summed E-state index contributed by atoms with van der Waals surface area (Å²) in [4.78, 5) is 0. The number of hydrogen-bond donors (Lipinski definition) is 1. The van der Waals surface area contributed by atoms with Crippen LogP contribution in [-0.2, 0) is 16.0 Å². The van der Waals surface area contributed by atoms with Gasteiger partial charge in [0.15, 0.2) is 0 Å². The summed E-state index contributed by atoms with van der Waals surface area (Å²) in [6.07, 6.45) is 0.0101. The Labute approximate surface area is 106 Å². The summed E-state index contributed by atoms with van der Waals surface area (Å²) in [5, 5.41) is 3.34. The molecule has 1 N–H and O–H groups in total. The van der Waals surface area contributed by atoms with Crippen molar-refractivity contribution in [3.63, 3.8) is 0 Å². The molecule has 1 atom stereocenters. The van der Waals surface area contributed by atoms with Crippen molar-refractivity contribution < 1.29 is 13.9 Å². The molecule has 0 fully saturated rings. The fourth-order valence-electron chi connectivity index (χ4n) is 1.42. The van der Waals surface area contributed by atoms with Gasteiger partial charge in [0.2, 0.25) is 0 Å². The maximum atomic E-state index is 12.9. The van der Waals surface area contributed by atoms with E-state index >= 15 is 0 Å². The maximum absolute atomic E-state index is 12.9. The molecule has 0 saturated carbocycles. The number of nitrogens with one attached hydrogen (secondary N) is 1. The van der Waals surface area contributed by atoms with Gasteiger partial charge in [-0.3, -0.25) is 0 Å². The van der Waals surface area contributed by atoms with Gasteiger partial charge in [-0.1, -0.05) is 17.7 Å². The zero-order valence-corrected chi connectivity index (χ0v) is 10.8. The average molecular weight is 262 g/mol. The number of halogens is 2. The molecule has 0 bridgehead atoms. The molecule has 0 aliphatic rings. The zero-order chi connectivity index (χ0) is 12.7. The number of ether oxygens (including phenoxy) is 2.